The van der Waals surface area contributed by atoms with Crippen LogP contribution in [0.2, 0.25) is 0 Å². The second kappa shape index (κ2) is 5.76. The minimum atomic E-state index is -2.26. The third kappa shape index (κ3) is 1.74. The molecule has 0 aromatic rings. The number of hydrogen-bond acceptors (Lipinski definition) is 11. The first-order chi connectivity index (χ1) is 15.4. The van der Waals surface area contributed by atoms with Crippen LogP contribution >= 0.6 is 0 Å². The molecule has 4 heterocycles. The quantitative estimate of drug-likeness (QED) is 0.294. The molecule has 2 spiro atoms. The summed E-state index contributed by atoms with van der Waals surface area (Å²) in [6, 6.07) is 0. The van der Waals surface area contributed by atoms with Crippen LogP contribution in [-0.2, 0) is 42.9 Å². The van der Waals surface area contributed by atoms with E-state index in [2.05, 4.69) is 0 Å². The second-order valence-electron chi connectivity index (χ2n) is 11.1. The average Bonchev–Trinajstić information content (AvgIpc) is 3.44. The van der Waals surface area contributed by atoms with Crippen LogP contribution in [0.3, 0.4) is 0 Å². The molecule has 180 valence electrons. The summed E-state index contributed by atoms with van der Waals surface area (Å²) in [6.45, 7) is 6.77. The van der Waals surface area contributed by atoms with Gasteiger partial charge in [0.1, 0.15) is 25.1 Å². The van der Waals surface area contributed by atoms with Gasteiger partial charge in [-0.05, 0) is 24.7 Å². The van der Waals surface area contributed by atoms with E-state index in [4.69, 9.17) is 23.7 Å². The molecule has 11 heteroatoms. The zero-order chi connectivity index (χ0) is 23.9. The maximum absolute atomic E-state index is 13.6. The highest BCUT2D eigenvalue weighted by molar-refractivity contribution is 5.94. The van der Waals surface area contributed by atoms with E-state index in [1.165, 1.54) is 6.92 Å². The Hall–Kier alpha value is -2.08. The van der Waals surface area contributed by atoms with Gasteiger partial charge in [-0.15, -0.1) is 0 Å². The molecule has 4 aliphatic heterocycles. The van der Waals surface area contributed by atoms with Crippen LogP contribution in [0.25, 0.3) is 0 Å². The van der Waals surface area contributed by atoms with Crippen LogP contribution in [0.15, 0.2) is 0 Å². The van der Waals surface area contributed by atoms with Gasteiger partial charge in [0.25, 0.3) is 0 Å². The number of hydrogen-bond donors (Lipinski definition) is 2. The summed E-state index contributed by atoms with van der Waals surface area (Å²) in [5, 5.41) is 23.8. The third-order valence-corrected chi connectivity index (χ3v) is 9.30. The summed E-state index contributed by atoms with van der Waals surface area (Å²) >= 11 is 0. The number of aliphatic hydroxyl groups is 2. The molecule has 6 rings (SSSR count). The van der Waals surface area contributed by atoms with E-state index in [0.717, 1.165) is 0 Å². The Labute approximate surface area is 188 Å². The molecule has 4 unspecified atom stereocenters. The number of ether oxygens (including phenoxy) is 5. The van der Waals surface area contributed by atoms with Crippen LogP contribution < -0.4 is 0 Å². The van der Waals surface area contributed by atoms with E-state index in [0.29, 0.717) is 6.29 Å². The molecule has 0 amide bonds. The van der Waals surface area contributed by atoms with E-state index in [1.54, 1.807) is 0 Å². The minimum absolute atomic E-state index is 0.233. The maximum Gasteiger partial charge on any atom is 0.343 e. The fraction of sp³-hybridized carbons (Fsp3) is 0.818. The van der Waals surface area contributed by atoms with Crippen molar-refractivity contribution in [1.82, 2.24) is 0 Å². The van der Waals surface area contributed by atoms with Crippen LogP contribution in [-0.4, -0.2) is 82.9 Å². The average molecular weight is 466 g/mol. The molecule has 4 saturated heterocycles. The van der Waals surface area contributed by atoms with Crippen molar-refractivity contribution in [2.75, 3.05) is 6.61 Å². The predicted octanol–water partition coefficient (Wildman–Crippen LogP) is -1.15. The second-order valence-corrected chi connectivity index (χ2v) is 11.1. The molecule has 33 heavy (non-hydrogen) atoms. The first-order valence-electron chi connectivity index (χ1n) is 11.1. The lowest BCUT2D eigenvalue weighted by molar-refractivity contribution is -0.240. The summed E-state index contributed by atoms with van der Waals surface area (Å²) in [6.07, 6.45) is -6.09. The van der Waals surface area contributed by atoms with Gasteiger partial charge in [0.05, 0.1) is 16.7 Å². The van der Waals surface area contributed by atoms with Crippen molar-refractivity contribution in [1.29, 1.82) is 0 Å². The molecular weight excluding hydrogens is 440 g/mol. The molecule has 6 aliphatic rings. The monoisotopic (exact) mass is 466 g/mol. The molecular formula is C22H26O11. The fourth-order valence-corrected chi connectivity index (χ4v) is 8.43. The molecule has 2 N–H and O–H groups in total. The molecule has 0 radical (unpaired) electrons. The number of aliphatic hydroxyl groups excluding tert-OH is 1. The van der Waals surface area contributed by atoms with Gasteiger partial charge < -0.3 is 38.7 Å². The van der Waals surface area contributed by atoms with E-state index in [-0.39, 0.29) is 6.42 Å². The summed E-state index contributed by atoms with van der Waals surface area (Å²) in [7, 11) is 0. The Kier molecular flexibility index (Phi) is 3.74. The standard InChI is InChI=1S/C22H26O11/c1-8-14(25)31-12-11(24)20-10-7-9(18(2,3)4)19(20)13(29-6-5-23)15(26)32-17(19)33-22(20,16(27)30-10)21(8,12)28/h5,8-13,17,24,28H,6-7H2,1-4H3/t8?,9?,10?,11-,12-,13-,17-,19?,20-,21+,22+/m0/s1. The molecule has 0 aromatic heterocycles. The Bertz CT molecular complexity index is 1000. The van der Waals surface area contributed by atoms with E-state index < -0.39 is 94.5 Å². The number of carbonyl (C=O) groups is 4. The maximum atomic E-state index is 13.6. The fourth-order valence-electron chi connectivity index (χ4n) is 8.43. The van der Waals surface area contributed by atoms with E-state index >= 15 is 0 Å². The number of fused-ring (bicyclic) bond motifs is 1. The first-order valence-corrected chi connectivity index (χ1v) is 11.1. The van der Waals surface area contributed by atoms with Crippen molar-refractivity contribution < 1.29 is 53.1 Å². The van der Waals surface area contributed by atoms with Crippen LogP contribution in [0, 0.1) is 28.1 Å². The van der Waals surface area contributed by atoms with Gasteiger partial charge in [-0.3, -0.25) is 4.79 Å². The Morgan fingerprint density at radius 1 is 1.15 bits per heavy atom. The molecule has 2 saturated carbocycles. The largest absolute Gasteiger partial charge is 0.459 e. The lowest BCUT2D eigenvalue weighted by Gasteiger charge is -2.48. The molecule has 0 bridgehead atoms. The van der Waals surface area contributed by atoms with Crippen LogP contribution in [0.5, 0.6) is 0 Å². The zero-order valence-electron chi connectivity index (χ0n) is 18.6. The van der Waals surface area contributed by atoms with E-state index in [9.17, 15) is 29.4 Å². The third-order valence-electron chi connectivity index (χ3n) is 9.30. The Morgan fingerprint density at radius 3 is 2.48 bits per heavy atom. The van der Waals surface area contributed by atoms with Gasteiger partial charge >= 0.3 is 17.9 Å². The minimum Gasteiger partial charge on any atom is -0.459 e. The van der Waals surface area contributed by atoms with Crippen molar-refractivity contribution in [3.63, 3.8) is 0 Å². The first kappa shape index (κ1) is 21.5. The van der Waals surface area contributed by atoms with Crippen molar-refractivity contribution in [3.8, 4) is 0 Å². The molecule has 11 nitrogen and oxygen atoms in total. The summed E-state index contributed by atoms with van der Waals surface area (Å²) < 4.78 is 28.7. The smallest absolute Gasteiger partial charge is 0.343 e. The van der Waals surface area contributed by atoms with Gasteiger partial charge in [-0.25, -0.2) is 9.59 Å². The molecule has 2 aliphatic carbocycles. The highest BCUT2D eigenvalue weighted by atomic mass is 16.8. The summed E-state index contributed by atoms with van der Waals surface area (Å²) in [5.41, 5.74) is -8.22. The van der Waals surface area contributed by atoms with E-state index in [1.807, 2.05) is 20.8 Å². The lowest BCUT2D eigenvalue weighted by atomic mass is 9.51. The zero-order valence-corrected chi connectivity index (χ0v) is 18.6. The molecule has 11 atom stereocenters. The topological polar surface area (TPSA) is 155 Å². The highest BCUT2D eigenvalue weighted by Gasteiger charge is 3.04. The molecule has 6 fully saturated rings. The van der Waals surface area contributed by atoms with Crippen molar-refractivity contribution in [2.45, 2.75) is 76.0 Å². The van der Waals surface area contributed by atoms with Crippen molar-refractivity contribution in [2.24, 2.45) is 28.1 Å². The number of carbonyl (C=O) groups excluding carboxylic acids is 4. The van der Waals surface area contributed by atoms with Crippen LogP contribution in [0.4, 0.5) is 0 Å². The highest BCUT2D eigenvalue weighted by Crippen LogP contribution is 2.84. The van der Waals surface area contributed by atoms with Crippen molar-refractivity contribution in [3.05, 3.63) is 0 Å². The van der Waals surface area contributed by atoms with Crippen molar-refractivity contribution >= 4 is 24.2 Å². The summed E-state index contributed by atoms with van der Waals surface area (Å²) in [4.78, 5) is 50.2. The van der Waals surface area contributed by atoms with Gasteiger partial charge in [0, 0.05) is 0 Å². The van der Waals surface area contributed by atoms with Crippen LogP contribution in [0.1, 0.15) is 34.1 Å². The van der Waals surface area contributed by atoms with Gasteiger partial charge in [0.15, 0.2) is 17.8 Å². The predicted molar refractivity (Wildman–Crippen MR) is 102 cm³/mol. The normalized spacial score (nSPS) is 55.6. The molecule has 0 aromatic carbocycles. The lowest BCUT2D eigenvalue weighted by Crippen LogP contribution is -2.67. The van der Waals surface area contributed by atoms with Gasteiger partial charge in [-0.2, -0.15) is 0 Å². The Morgan fingerprint density at radius 2 is 1.85 bits per heavy atom. The van der Waals surface area contributed by atoms with Gasteiger partial charge in [-0.1, -0.05) is 20.8 Å². The Balaban J connectivity index is 1.69. The SMILES string of the molecule is CC1C(=O)O[C@H]2[C@H](O)[C@@]34C5CC(C(C)(C)C)C36[C@@H](OC(=O)[C@@H]6OCC=O)O[C@@]4(C(=O)O5)[C@@]12O. The number of aldehydes is 1. The van der Waals surface area contributed by atoms with Gasteiger partial charge in [0.2, 0.25) is 11.9 Å². The number of esters is 3. The summed E-state index contributed by atoms with van der Waals surface area (Å²) in [5.74, 6) is -4.19. The number of rotatable bonds is 3.